The van der Waals surface area contributed by atoms with Crippen LogP contribution in [0.4, 0.5) is 10.7 Å². The van der Waals surface area contributed by atoms with Gasteiger partial charge in [-0.3, -0.25) is 0 Å². The Hall–Kier alpha value is -1.85. The summed E-state index contributed by atoms with van der Waals surface area (Å²) in [5.74, 6) is 1.49. The Bertz CT molecular complexity index is 663. The second kappa shape index (κ2) is 6.39. The Labute approximate surface area is 156 Å². The quantitative estimate of drug-likeness (QED) is 0.872. The van der Waals surface area contributed by atoms with E-state index in [1.54, 1.807) is 12.4 Å². The van der Waals surface area contributed by atoms with Gasteiger partial charge in [0.15, 0.2) is 0 Å². The van der Waals surface area contributed by atoms with Crippen molar-refractivity contribution in [1.82, 2.24) is 20.6 Å². The summed E-state index contributed by atoms with van der Waals surface area (Å²) in [6.45, 7) is 8.83. The van der Waals surface area contributed by atoms with Gasteiger partial charge in [-0.15, -0.1) is 0 Å². The van der Waals surface area contributed by atoms with Crippen molar-refractivity contribution < 1.29 is 4.79 Å². The minimum absolute atomic E-state index is 0.0135. The molecule has 2 heterocycles. The maximum atomic E-state index is 12.7. The molecule has 0 radical (unpaired) electrons. The summed E-state index contributed by atoms with van der Waals surface area (Å²) < 4.78 is 0. The zero-order valence-corrected chi connectivity index (χ0v) is 16.2. The number of fused-ring (bicyclic) bond motifs is 2. The highest BCUT2D eigenvalue weighted by atomic mass is 16.2. The van der Waals surface area contributed by atoms with Crippen LogP contribution in [0.15, 0.2) is 18.5 Å². The second-order valence-electron chi connectivity index (χ2n) is 9.11. The predicted molar refractivity (Wildman–Crippen MR) is 102 cm³/mol. The lowest BCUT2D eigenvalue weighted by Crippen LogP contribution is -2.55. The second-order valence-corrected chi connectivity index (χ2v) is 9.11. The molecule has 2 N–H and O–H groups in total. The van der Waals surface area contributed by atoms with E-state index in [0.29, 0.717) is 5.41 Å². The molecule has 142 valence electrons. The highest BCUT2D eigenvalue weighted by Gasteiger charge is 2.61. The first-order chi connectivity index (χ1) is 12.4. The van der Waals surface area contributed by atoms with Crippen molar-refractivity contribution in [1.29, 1.82) is 0 Å². The van der Waals surface area contributed by atoms with E-state index >= 15 is 0 Å². The number of nitrogens with one attached hydrogen (secondary N) is 2. The normalized spacial score (nSPS) is 35.3. The van der Waals surface area contributed by atoms with Gasteiger partial charge in [-0.2, -0.15) is 0 Å². The molecular formula is C20H31N5O. The molecule has 2 amide bonds. The van der Waals surface area contributed by atoms with Crippen molar-refractivity contribution in [2.24, 2.45) is 16.7 Å². The number of carbonyl (C=O) groups excluding carboxylic acids is 1. The van der Waals surface area contributed by atoms with Crippen LogP contribution in [0.2, 0.25) is 0 Å². The topological polar surface area (TPSA) is 70.2 Å². The van der Waals surface area contributed by atoms with Crippen LogP contribution in [0, 0.1) is 16.7 Å². The number of hydrogen-bond donors (Lipinski definition) is 2. The smallest absolute Gasteiger partial charge is 0.315 e. The number of urea groups is 1. The van der Waals surface area contributed by atoms with Gasteiger partial charge in [-0.05, 0) is 54.9 Å². The standard InChI is InChI=1S/C20H31N5O/c1-19(2)14-7-8-20(19,3)16(12-14)24-18(26)23-15-6-4-11-25(13-15)17-21-9-5-10-22-17/h5,9-10,14-16H,4,6-8,11-13H2,1-3H3,(H2,23,24,26). The molecular weight excluding hydrogens is 326 g/mol. The van der Waals surface area contributed by atoms with Crippen molar-refractivity contribution in [3.8, 4) is 0 Å². The van der Waals surface area contributed by atoms with E-state index in [1.807, 2.05) is 6.07 Å². The van der Waals surface area contributed by atoms with Crippen LogP contribution in [0.25, 0.3) is 0 Å². The van der Waals surface area contributed by atoms with Gasteiger partial charge in [-0.1, -0.05) is 20.8 Å². The minimum atomic E-state index is -0.0135. The Morgan fingerprint density at radius 2 is 1.96 bits per heavy atom. The average Bonchev–Trinajstić information content (AvgIpc) is 2.96. The molecule has 3 fully saturated rings. The van der Waals surface area contributed by atoms with E-state index in [0.717, 1.165) is 44.2 Å². The lowest BCUT2D eigenvalue weighted by Gasteiger charge is -2.40. The number of aromatic nitrogens is 2. The molecule has 2 saturated carbocycles. The Morgan fingerprint density at radius 3 is 2.62 bits per heavy atom. The summed E-state index contributed by atoms with van der Waals surface area (Å²) in [5.41, 5.74) is 0.530. The minimum Gasteiger partial charge on any atom is -0.339 e. The molecule has 0 aromatic carbocycles. The molecule has 4 atom stereocenters. The van der Waals surface area contributed by atoms with Crippen molar-refractivity contribution in [3.63, 3.8) is 0 Å². The molecule has 4 rings (SSSR count). The van der Waals surface area contributed by atoms with Gasteiger partial charge in [0.25, 0.3) is 0 Å². The Kier molecular flexibility index (Phi) is 4.32. The van der Waals surface area contributed by atoms with Gasteiger partial charge < -0.3 is 15.5 Å². The van der Waals surface area contributed by atoms with Gasteiger partial charge in [0.2, 0.25) is 5.95 Å². The molecule has 2 aliphatic carbocycles. The van der Waals surface area contributed by atoms with Crippen LogP contribution >= 0.6 is 0 Å². The van der Waals surface area contributed by atoms with Crippen molar-refractivity contribution in [3.05, 3.63) is 18.5 Å². The van der Waals surface area contributed by atoms with E-state index in [2.05, 4.69) is 46.3 Å². The number of hydrogen-bond acceptors (Lipinski definition) is 4. The SMILES string of the molecule is CC1(C)C2CCC1(C)C(NC(=O)NC1CCCN(c3ncccn3)C1)C2. The number of anilines is 1. The molecule has 1 aromatic rings. The summed E-state index contributed by atoms with van der Waals surface area (Å²) in [7, 11) is 0. The maximum absolute atomic E-state index is 12.7. The van der Waals surface area contributed by atoms with E-state index in [1.165, 1.54) is 12.8 Å². The van der Waals surface area contributed by atoms with Gasteiger partial charge >= 0.3 is 6.03 Å². The van der Waals surface area contributed by atoms with E-state index in [9.17, 15) is 4.79 Å². The van der Waals surface area contributed by atoms with Gasteiger partial charge in [-0.25, -0.2) is 14.8 Å². The van der Waals surface area contributed by atoms with Gasteiger partial charge in [0.1, 0.15) is 0 Å². The summed E-state index contributed by atoms with van der Waals surface area (Å²) >= 11 is 0. The highest BCUT2D eigenvalue weighted by Crippen LogP contribution is 2.65. The molecule has 4 unspecified atom stereocenters. The third-order valence-electron chi connectivity index (χ3n) is 7.69. The predicted octanol–water partition coefficient (Wildman–Crippen LogP) is 2.96. The van der Waals surface area contributed by atoms with Gasteiger partial charge in [0.05, 0.1) is 0 Å². The zero-order chi connectivity index (χ0) is 18.4. The van der Waals surface area contributed by atoms with Crippen LogP contribution in [-0.2, 0) is 0 Å². The Morgan fingerprint density at radius 1 is 1.19 bits per heavy atom. The fourth-order valence-corrected chi connectivity index (χ4v) is 5.54. The highest BCUT2D eigenvalue weighted by molar-refractivity contribution is 5.75. The van der Waals surface area contributed by atoms with E-state index < -0.39 is 0 Å². The molecule has 6 heteroatoms. The number of amides is 2. The first-order valence-electron chi connectivity index (χ1n) is 9.99. The molecule has 26 heavy (non-hydrogen) atoms. The van der Waals surface area contributed by atoms with Crippen LogP contribution in [0.3, 0.4) is 0 Å². The molecule has 1 aromatic heterocycles. The lowest BCUT2D eigenvalue weighted by atomic mass is 9.69. The summed E-state index contributed by atoms with van der Waals surface area (Å²) in [6, 6.07) is 2.24. The Balaban J connectivity index is 1.34. The lowest BCUT2D eigenvalue weighted by molar-refractivity contribution is 0.123. The van der Waals surface area contributed by atoms with Crippen LogP contribution in [0.1, 0.15) is 52.9 Å². The molecule has 1 saturated heterocycles. The summed E-state index contributed by atoms with van der Waals surface area (Å²) in [4.78, 5) is 23.5. The fraction of sp³-hybridized carbons (Fsp3) is 0.750. The fourth-order valence-electron chi connectivity index (χ4n) is 5.54. The van der Waals surface area contributed by atoms with Gasteiger partial charge in [0, 0.05) is 37.6 Å². The van der Waals surface area contributed by atoms with Crippen molar-refractivity contribution in [2.45, 2.75) is 65.0 Å². The largest absolute Gasteiger partial charge is 0.339 e. The van der Waals surface area contributed by atoms with Crippen molar-refractivity contribution in [2.75, 3.05) is 18.0 Å². The monoisotopic (exact) mass is 357 g/mol. The number of rotatable bonds is 3. The number of carbonyl (C=O) groups is 1. The summed E-state index contributed by atoms with van der Waals surface area (Å²) in [6.07, 6.45) is 9.22. The third kappa shape index (κ3) is 2.83. The molecule has 6 nitrogen and oxygen atoms in total. The molecule has 3 aliphatic rings. The van der Waals surface area contributed by atoms with Crippen molar-refractivity contribution >= 4 is 12.0 Å². The van der Waals surface area contributed by atoms with Crippen LogP contribution in [0.5, 0.6) is 0 Å². The molecule has 2 bridgehead atoms. The first kappa shape index (κ1) is 17.6. The van der Waals surface area contributed by atoms with Crippen LogP contribution < -0.4 is 15.5 Å². The maximum Gasteiger partial charge on any atom is 0.315 e. The third-order valence-corrected chi connectivity index (χ3v) is 7.69. The van der Waals surface area contributed by atoms with E-state index in [-0.39, 0.29) is 23.5 Å². The summed E-state index contributed by atoms with van der Waals surface area (Å²) in [5, 5.41) is 6.51. The average molecular weight is 358 g/mol. The van der Waals surface area contributed by atoms with Crippen LogP contribution in [-0.4, -0.2) is 41.2 Å². The number of nitrogens with zero attached hydrogens (tertiary/aromatic N) is 3. The number of piperidine rings is 1. The molecule has 0 spiro atoms. The van der Waals surface area contributed by atoms with E-state index in [4.69, 9.17) is 0 Å². The molecule has 1 aliphatic heterocycles. The first-order valence-corrected chi connectivity index (χ1v) is 9.99. The zero-order valence-electron chi connectivity index (χ0n) is 16.2.